The lowest BCUT2D eigenvalue weighted by Crippen LogP contribution is -2.22. The molecule has 5 nitrogen and oxygen atoms in total. The lowest BCUT2D eigenvalue weighted by Gasteiger charge is -2.08. The number of hydrogen-bond donors (Lipinski definition) is 2. The minimum atomic E-state index is -0.242. The molecular weight excluding hydrogens is 400 g/mol. The van der Waals surface area contributed by atoms with Crippen molar-refractivity contribution < 1.29 is 13.9 Å². The highest BCUT2D eigenvalue weighted by Gasteiger charge is 2.17. The fourth-order valence-corrected chi connectivity index (χ4v) is 3.73. The summed E-state index contributed by atoms with van der Waals surface area (Å²) in [6, 6.07) is 26.0. The van der Waals surface area contributed by atoms with Gasteiger partial charge in [-0.3, -0.25) is 4.79 Å². The Morgan fingerprint density at radius 2 is 1.62 bits per heavy atom. The highest BCUT2D eigenvalue weighted by Crippen LogP contribution is 2.31. The van der Waals surface area contributed by atoms with E-state index in [1.807, 2.05) is 48.5 Å². The van der Waals surface area contributed by atoms with Crippen molar-refractivity contribution >= 4 is 16.9 Å². The van der Waals surface area contributed by atoms with Crippen molar-refractivity contribution in [1.29, 1.82) is 0 Å². The molecule has 32 heavy (non-hydrogen) atoms. The van der Waals surface area contributed by atoms with Gasteiger partial charge in [-0.1, -0.05) is 66.7 Å². The number of carbonyl (C=O) groups excluding carboxylic acids is 1. The molecule has 3 aromatic carbocycles. The van der Waals surface area contributed by atoms with E-state index in [-0.39, 0.29) is 11.7 Å². The van der Waals surface area contributed by atoms with Crippen LogP contribution >= 0.6 is 0 Å². The van der Waals surface area contributed by atoms with Gasteiger partial charge in [-0.15, -0.1) is 0 Å². The Hall–Kier alpha value is -3.57. The summed E-state index contributed by atoms with van der Waals surface area (Å²) in [7, 11) is 1.61. The molecule has 4 rings (SSSR count). The second-order valence-corrected chi connectivity index (χ2v) is 7.71. The van der Waals surface area contributed by atoms with E-state index in [2.05, 4.69) is 34.9 Å². The number of aryl methyl sites for hydroxylation is 1. The lowest BCUT2D eigenvalue weighted by atomic mass is 10.1. The third kappa shape index (κ3) is 5.37. The molecule has 0 unspecified atom stereocenters. The van der Waals surface area contributed by atoms with Crippen molar-refractivity contribution in [3.8, 4) is 5.75 Å². The van der Waals surface area contributed by atoms with Gasteiger partial charge >= 0.3 is 0 Å². The summed E-state index contributed by atoms with van der Waals surface area (Å²) in [6.45, 7) is 2.05. The minimum absolute atomic E-state index is 0.242. The van der Waals surface area contributed by atoms with E-state index >= 15 is 0 Å². The molecular formula is C27H28N2O3. The average molecular weight is 429 g/mol. The van der Waals surface area contributed by atoms with Crippen LogP contribution in [0.1, 0.15) is 33.7 Å². The first kappa shape index (κ1) is 21.7. The summed E-state index contributed by atoms with van der Waals surface area (Å²) in [5.41, 5.74) is 4.06. The molecule has 0 aliphatic carbocycles. The smallest absolute Gasteiger partial charge is 0.287 e. The maximum absolute atomic E-state index is 12.7. The predicted octanol–water partition coefficient (Wildman–Crippen LogP) is 5.09. The molecule has 0 spiro atoms. The van der Waals surface area contributed by atoms with Crippen LogP contribution in [0.15, 0.2) is 83.3 Å². The highest BCUT2D eigenvalue weighted by molar-refractivity contribution is 5.98. The third-order valence-corrected chi connectivity index (χ3v) is 5.45. The molecule has 0 atom stereocenters. The Morgan fingerprint density at radius 1 is 0.906 bits per heavy atom. The van der Waals surface area contributed by atoms with Crippen molar-refractivity contribution in [3.05, 3.63) is 101 Å². The second kappa shape index (κ2) is 10.6. The number of rotatable bonds is 10. The normalized spacial score (nSPS) is 10.9. The van der Waals surface area contributed by atoms with Crippen molar-refractivity contribution in [1.82, 2.24) is 10.6 Å². The average Bonchev–Trinajstić information content (AvgIpc) is 3.30. The summed E-state index contributed by atoms with van der Waals surface area (Å²) in [5.74, 6) is 0.662. The Morgan fingerprint density at radius 3 is 2.34 bits per heavy atom. The molecule has 1 aromatic heterocycles. The van der Waals surface area contributed by atoms with Gasteiger partial charge in [0.15, 0.2) is 17.1 Å². The van der Waals surface area contributed by atoms with Gasteiger partial charge in [-0.05, 0) is 48.2 Å². The topological polar surface area (TPSA) is 63.5 Å². The molecule has 0 bridgehead atoms. The standard InChI is InChI=1S/C27H28N2O3/c1-31-24-15-14-22(19-28-16-8-13-20-9-4-2-5-10-20)23-17-25(32-26(23)24)27(30)29-18-21-11-6-3-7-12-21/h2-7,9-12,14-15,17,28H,8,13,16,18-19H2,1H3,(H,29,30). The summed E-state index contributed by atoms with van der Waals surface area (Å²) in [5, 5.41) is 7.32. The van der Waals surface area contributed by atoms with E-state index in [1.165, 1.54) is 5.56 Å². The van der Waals surface area contributed by atoms with E-state index in [4.69, 9.17) is 9.15 Å². The minimum Gasteiger partial charge on any atom is -0.493 e. The van der Waals surface area contributed by atoms with Gasteiger partial charge in [0.2, 0.25) is 0 Å². The quantitative estimate of drug-likeness (QED) is 0.345. The first-order valence-corrected chi connectivity index (χ1v) is 10.9. The number of hydrogen-bond acceptors (Lipinski definition) is 4. The first-order valence-electron chi connectivity index (χ1n) is 10.9. The molecule has 4 aromatic rings. The molecule has 1 amide bonds. The fourth-order valence-electron chi connectivity index (χ4n) is 3.73. The Balaban J connectivity index is 1.40. The lowest BCUT2D eigenvalue weighted by molar-refractivity contribution is 0.0925. The largest absolute Gasteiger partial charge is 0.493 e. The van der Waals surface area contributed by atoms with Crippen molar-refractivity contribution in [3.63, 3.8) is 0 Å². The van der Waals surface area contributed by atoms with Crippen LogP contribution in [0.2, 0.25) is 0 Å². The number of methoxy groups -OCH3 is 1. The Labute approximate surface area is 188 Å². The maximum atomic E-state index is 12.7. The number of nitrogens with one attached hydrogen (secondary N) is 2. The Bertz CT molecular complexity index is 1150. The molecule has 2 N–H and O–H groups in total. The van der Waals surface area contributed by atoms with Gasteiger partial charge in [-0.25, -0.2) is 0 Å². The van der Waals surface area contributed by atoms with Crippen molar-refractivity contribution in [2.24, 2.45) is 0 Å². The van der Waals surface area contributed by atoms with E-state index in [1.54, 1.807) is 13.2 Å². The molecule has 0 aliphatic heterocycles. The van der Waals surface area contributed by atoms with Crippen LogP contribution in [0, 0.1) is 0 Å². The zero-order valence-electron chi connectivity index (χ0n) is 18.3. The van der Waals surface area contributed by atoms with E-state index < -0.39 is 0 Å². The van der Waals surface area contributed by atoms with Crippen molar-refractivity contribution in [2.75, 3.05) is 13.7 Å². The van der Waals surface area contributed by atoms with Gasteiger partial charge in [0, 0.05) is 18.5 Å². The summed E-state index contributed by atoms with van der Waals surface area (Å²) < 4.78 is 11.4. The van der Waals surface area contributed by atoms with E-state index in [0.29, 0.717) is 24.4 Å². The Kier molecular flexibility index (Phi) is 7.20. The summed E-state index contributed by atoms with van der Waals surface area (Å²) in [4.78, 5) is 12.7. The molecule has 1 heterocycles. The second-order valence-electron chi connectivity index (χ2n) is 7.71. The molecule has 0 aliphatic rings. The van der Waals surface area contributed by atoms with Gasteiger partial charge in [-0.2, -0.15) is 0 Å². The van der Waals surface area contributed by atoms with Gasteiger partial charge in [0.1, 0.15) is 0 Å². The number of benzene rings is 3. The molecule has 5 heteroatoms. The molecule has 0 saturated heterocycles. The zero-order chi connectivity index (χ0) is 22.2. The summed E-state index contributed by atoms with van der Waals surface area (Å²) >= 11 is 0. The van der Waals surface area contributed by atoms with Gasteiger partial charge < -0.3 is 19.8 Å². The number of carbonyl (C=O) groups is 1. The van der Waals surface area contributed by atoms with Crippen LogP contribution in [0.25, 0.3) is 11.0 Å². The van der Waals surface area contributed by atoms with Crippen LogP contribution in [0.5, 0.6) is 5.75 Å². The van der Waals surface area contributed by atoms with Crippen LogP contribution in [0.4, 0.5) is 0 Å². The SMILES string of the molecule is COc1ccc(CNCCCc2ccccc2)c2cc(C(=O)NCc3ccccc3)oc12. The van der Waals surface area contributed by atoms with Crippen LogP contribution < -0.4 is 15.4 Å². The molecule has 164 valence electrons. The summed E-state index contributed by atoms with van der Waals surface area (Å²) in [6.07, 6.45) is 2.10. The van der Waals surface area contributed by atoms with Crippen LogP contribution in [-0.4, -0.2) is 19.6 Å². The van der Waals surface area contributed by atoms with Gasteiger partial charge in [0.05, 0.1) is 7.11 Å². The third-order valence-electron chi connectivity index (χ3n) is 5.45. The number of amides is 1. The molecule has 0 radical (unpaired) electrons. The fraction of sp³-hybridized carbons (Fsp3) is 0.222. The predicted molar refractivity (Wildman–Crippen MR) is 127 cm³/mol. The first-order chi connectivity index (χ1) is 15.7. The van der Waals surface area contributed by atoms with Crippen LogP contribution in [0.3, 0.4) is 0 Å². The van der Waals surface area contributed by atoms with Gasteiger partial charge in [0.25, 0.3) is 5.91 Å². The molecule has 0 saturated carbocycles. The highest BCUT2D eigenvalue weighted by atomic mass is 16.5. The number of fused-ring (bicyclic) bond motifs is 1. The van der Waals surface area contributed by atoms with E-state index in [0.717, 1.165) is 35.9 Å². The van der Waals surface area contributed by atoms with Crippen molar-refractivity contribution in [2.45, 2.75) is 25.9 Å². The molecule has 0 fully saturated rings. The van der Waals surface area contributed by atoms with E-state index in [9.17, 15) is 4.79 Å². The van der Waals surface area contributed by atoms with Crippen LogP contribution in [-0.2, 0) is 19.5 Å². The number of ether oxygens (including phenoxy) is 1. The number of furan rings is 1. The zero-order valence-corrected chi connectivity index (χ0v) is 18.3. The monoisotopic (exact) mass is 428 g/mol. The maximum Gasteiger partial charge on any atom is 0.287 e.